The summed E-state index contributed by atoms with van der Waals surface area (Å²) in [7, 11) is 1.40. The van der Waals surface area contributed by atoms with Crippen LogP contribution in [0.15, 0.2) is 18.2 Å². The number of fused-ring (bicyclic) bond motifs is 3. The number of carbonyl (C=O) groups is 1. The summed E-state index contributed by atoms with van der Waals surface area (Å²) in [5, 5.41) is 9.64. The van der Waals surface area contributed by atoms with E-state index in [4.69, 9.17) is 0 Å². The molecule has 4 nitrogen and oxygen atoms in total. The summed E-state index contributed by atoms with van der Waals surface area (Å²) >= 11 is 0. The monoisotopic (exact) mass is 327 g/mol. The summed E-state index contributed by atoms with van der Waals surface area (Å²) in [6, 6.07) is 5.90. The molecule has 4 rings (SSSR count). The van der Waals surface area contributed by atoms with Gasteiger partial charge in [0.2, 0.25) is 0 Å². The highest BCUT2D eigenvalue weighted by Crippen LogP contribution is 2.31. The minimum absolute atomic E-state index is 0.0315. The zero-order valence-electron chi connectivity index (χ0n) is 14.3. The smallest absolute Gasteiger partial charge is 0.305 e. The molecule has 1 aromatic rings. The Bertz CT molecular complexity index is 651. The number of rotatable bonds is 4. The zero-order valence-corrected chi connectivity index (χ0v) is 14.3. The van der Waals surface area contributed by atoms with Gasteiger partial charge in [-0.1, -0.05) is 24.0 Å². The number of benzene rings is 1. The van der Waals surface area contributed by atoms with Crippen molar-refractivity contribution >= 4 is 5.97 Å². The third-order valence-corrected chi connectivity index (χ3v) is 5.23. The number of methoxy groups -OCH3 is 1. The Morgan fingerprint density at radius 1 is 1.38 bits per heavy atom. The molecule has 0 spiro atoms. The maximum absolute atomic E-state index is 11.2. The van der Waals surface area contributed by atoms with E-state index in [1.165, 1.54) is 33.0 Å². The number of aliphatic hydroxyl groups excluding tert-OH is 1. The number of hydrogen-bond acceptors (Lipinski definition) is 4. The van der Waals surface area contributed by atoms with Crippen LogP contribution in [0.25, 0.3) is 0 Å². The summed E-state index contributed by atoms with van der Waals surface area (Å²) in [5.74, 6) is 7.72. The van der Waals surface area contributed by atoms with Gasteiger partial charge in [-0.05, 0) is 55.5 Å². The third-order valence-electron chi connectivity index (χ3n) is 5.23. The van der Waals surface area contributed by atoms with Gasteiger partial charge in [-0.3, -0.25) is 4.79 Å². The van der Waals surface area contributed by atoms with Crippen molar-refractivity contribution in [2.45, 2.75) is 32.3 Å². The lowest BCUT2D eigenvalue weighted by Gasteiger charge is -2.42. The molecule has 0 saturated carbocycles. The summed E-state index contributed by atoms with van der Waals surface area (Å²) < 4.78 is 4.67. The fourth-order valence-electron chi connectivity index (χ4n) is 3.70. The first-order valence-electron chi connectivity index (χ1n) is 8.73. The molecule has 4 heteroatoms. The minimum atomic E-state index is -0.216. The molecule has 128 valence electrons. The fourth-order valence-corrected chi connectivity index (χ4v) is 3.70. The van der Waals surface area contributed by atoms with Gasteiger partial charge in [0.1, 0.15) is 0 Å². The van der Waals surface area contributed by atoms with Crippen molar-refractivity contribution in [2.24, 2.45) is 11.8 Å². The second-order valence-electron chi connectivity index (χ2n) is 6.74. The van der Waals surface area contributed by atoms with Gasteiger partial charge in [-0.15, -0.1) is 0 Å². The molecule has 0 aliphatic carbocycles. The number of aliphatic hydroxyl groups is 1. The fraction of sp³-hybridized carbons (Fsp3) is 0.550. The van der Waals surface area contributed by atoms with Gasteiger partial charge in [-0.25, -0.2) is 0 Å². The van der Waals surface area contributed by atoms with E-state index in [0.717, 1.165) is 29.2 Å². The Morgan fingerprint density at radius 2 is 2.17 bits per heavy atom. The highest BCUT2D eigenvalue weighted by Gasteiger charge is 2.32. The number of piperidine rings is 3. The first-order valence-corrected chi connectivity index (χ1v) is 8.73. The SMILES string of the molecule is COC(=O)CCc1ccc(C#CC2CN3CCC2CC3)c(CO)c1. The molecule has 3 aliphatic rings. The molecule has 3 fully saturated rings. The second-order valence-corrected chi connectivity index (χ2v) is 6.74. The molecule has 0 amide bonds. The predicted molar refractivity (Wildman–Crippen MR) is 92.2 cm³/mol. The van der Waals surface area contributed by atoms with Gasteiger partial charge in [0.15, 0.2) is 0 Å². The zero-order chi connectivity index (χ0) is 16.9. The standard InChI is InChI=1S/C20H25NO3/c1-24-20(23)7-3-15-2-4-16(19(12-15)14-22)5-6-18-13-21-10-8-17(18)9-11-21/h2,4,12,17-18,22H,3,7-11,13-14H2,1H3. The molecule has 24 heavy (non-hydrogen) atoms. The summed E-state index contributed by atoms with van der Waals surface area (Å²) in [4.78, 5) is 13.8. The molecular formula is C20H25NO3. The van der Waals surface area contributed by atoms with E-state index in [9.17, 15) is 9.90 Å². The van der Waals surface area contributed by atoms with Crippen molar-refractivity contribution in [1.82, 2.24) is 4.90 Å². The van der Waals surface area contributed by atoms with Crippen LogP contribution in [-0.4, -0.2) is 42.7 Å². The highest BCUT2D eigenvalue weighted by molar-refractivity contribution is 5.69. The van der Waals surface area contributed by atoms with Crippen LogP contribution in [0, 0.1) is 23.7 Å². The van der Waals surface area contributed by atoms with Crippen molar-refractivity contribution in [3.05, 3.63) is 34.9 Å². The third kappa shape index (κ3) is 3.98. The van der Waals surface area contributed by atoms with Crippen LogP contribution < -0.4 is 0 Å². The highest BCUT2D eigenvalue weighted by atomic mass is 16.5. The van der Waals surface area contributed by atoms with E-state index in [-0.39, 0.29) is 12.6 Å². The lowest BCUT2D eigenvalue weighted by Crippen LogP contribution is -2.46. The van der Waals surface area contributed by atoms with Gasteiger partial charge >= 0.3 is 5.97 Å². The largest absolute Gasteiger partial charge is 0.469 e. The summed E-state index contributed by atoms with van der Waals surface area (Å²) in [6.07, 6.45) is 3.50. The molecule has 1 N–H and O–H groups in total. The van der Waals surface area contributed by atoms with Crippen LogP contribution in [0.3, 0.4) is 0 Å². The summed E-state index contributed by atoms with van der Waals surface area (Å²) in [5.41, 5.74) is 2.76. The molecule has 1 atom stereocenters. The van der Waals surface area contributed by atoms with Crippen LogP contribution >= 0.6 is 0 Å². The average Bonchev–Trinajstić information content (AvgIpc) is 2.65. The Balaban J connectivity index is 1.70. The van der Waals surface area contributed by atoms with Crippen LogP contribution in [0.4, 0.5) is 0 Å². The van der Waals surface area contributed by atoms with Gasteiger partial charge in [0.05, 0.1) is 13.7 Å². The van der Waals surface area contributed by atoms with E-state index < -0.39 is 0 Å². The van der Waals surface area contributed by atoms with Crippen molar-refractivity contribution in [2.75, 3.05) is 26.7 Å². The van der Waals surface area contributed by atoms with Crippen molar-refractivity contribution in [3.63, 3.8) is 0 Å². The number of ether oxygens (including phenoxy) is 1. The van der Waals surface area contributed by atoms with Crippen LogP contribution in [0.2, 0.25) is 0 Å². The van der Waals surface area contributed by atoms with Crippen molar-refractivity contribution in [1.29, 1.82) is 0 Å². The topological polar surface area (TPSA) is 49.8 Å². The molecule has 3 aliphatic heterocycles. The Kier molecular flexibility index (Phi) is 5.55. The van der Waals surface area contributed by atoms with E-state index in [2.05, 4.69) is 21.5 Å². The van der Waals surface area contributed by atoms with Crippen LogP contribution in [0.5, 0.6) is 0 Å². The first kappa shape index (κ1) is 17.0. The van der Waals surface area contributed by atoms with Crippen molar-refractivity contribution < 1.29 is 14.6 Å². The normalized spacial score (nSPS) is 25.0. The average molecular weight is 327 g/mol. The predicted octanol–water partition coefficient (Wildman–Crippen LogP) is 1.98. The van der Waals surface area contributed by atoms with Crippen molar-refractivity contribution in [3.8, 4) is 11.8 Å². The maximum Gasteiger partial charge on any atom is 0.305 e. The molecule has 0 radical (unpaired) electrons. The number of esters is 1. The molecule has 2 bridgehead atoms. The van der Waals surface area contributed by atoms with Gasteiger partial charge in [0.25, 0.3) is 0 Å². The quantitative estimate of drug-likeness (QED) is 0.679. The van der Waals surface area contributed by atoms with E-state index in [0.29, 0.717) is 18.8 Å². The van der Waals surface area contributed by atoms with Crippen LogP contribution in [0.1, 0.15) is 36.0 Å². The lowest BCUT2D eigenvalue weighted by molar-refractivity contribution is -0.140. The van der Waals surface area contributed by atoms with E-state index in [1.807, 2.05) is 18.2 Å². The summed E-state index contributed by atoms with van der Waals surface area (Å²) in [6.45, 7) is 3.50. The van der Waals surface area contributed by atoms with Gasteiger partial charge in [-0.2, -0.15) is 0 Å². The second kappa shape index (κ2) is 7.83. The Morgan fingerprint density at radius 3 is 2.79 bits per heavy atom. The molecular weight excluding hydrogens is 302 g/mol. The molecule has 1 unspecified atom stereocenters. The van der Waals surface area contributed by atoms with Gasteiger partial charge < -0.3 is 14.7 Å². The lowest BCUT2D eigenvalue weighted by atomic mass is 9.79. The number of carbonyl (C=O) groups excluding carboxylic acids is 1. The Hall–Kier alpha value is -1.83. The van der Waals surface area contributed by atoms with E-state index >= 15 is 0 Å². The maximum atomic E-state index is 11.2. The first-order chi connectivity index (χ1) is 11.7. The number of nitrogens with zero attached hydrogens (tertiary/aromatic N) is 1. The van der Waals surface area contributed by atoms with Gasteiger partial charge in [0, 0.05) is 24.4 Å². The molecule has 3 saturated heterocycles. The Labute approximate surface area is 143 Å². The molecule has 0 aromatic heterocycles. The van der Waals surface area contributed by atoms with E-state index in [1.54, 1.807) is 0 Å². The van der Waals surface area contributed by atoms with Crippen LogP contribution in [-0.2, 0) is 22.6 Å². The number of hydrogen-bond donors (Lipinski definition) is 1. The number of aryl methyl sites for hydroxylation is 1. The molecule has 1 aromatic carbocycles. The molecule has 3 heterocycles. The minimum Gasteiger partial charge on any atom is -0.469 e.